The van der Waals surface area contributed by atoms with Gasteiger partial charge in [0.2, 0.25) is 5.96 Å². The minimum absolute atomic E-state index is 0.0880. The average Bonchev–Trinajstić information content (AvgIpc) is 2.16. The SMILES string of the molecule is CCNC1N=C(N)N=C(SC)N1C(C)C. The smallest absolute Gasteiger partial charge is 0.221 e. The van der Waals surface area contributed by atoms with Crippen LogP contribution >= 0.6 is 11.8 Å². The van der Waals surface area contributed by atoms with Gasteiger partial charge in [0, 0.05) is 6.04 Å². The van der Waals surface area contributed by atoms with E-state index in [1.807, 2.05) is 6.26 Å². The lowest BCUT2D eigenvalue weighted by molar-refractivity contribution is 0.233. The number of hydrogen-bond acceptors (Lipinski definition) is 6. The molecule has 6 heteroatoms. The van der Waals surface area contributed by atoms with Gasteiger partial charge in [-0.1, -0.05) is 18.7 Å². The molecule has 0 aliphatic carbocycles. The molecule has 1 aliphatic heterocycles. The highest BCUT2D eigenvalue weighted by molar-refractivity contribution is 8.13. The van der Waals surface area contributed by atoms with Crippen molar-refractivity contribution in [1.29, 1.82) is 0 Å². The van der Waals surface area contributed by atoms with Crippen molar-refractivity contribution in [3.8, 4) is 0 Å². The Hall–Kier alpha value is -0.750. The third-order valence-corrected chi connectivity index (χ3v) is 2.74. The summed E-state index contributed by atoms with van der Waals surface area (Å²) >= 11 is 1.59. The zero-order chi connectivity index (χ0) is 11.4. The quantitative estimate of drug-likeness (QED) is 0.745. The van der Waals surface area contributed by atoms with Gasteiger partial charge in [-0.2, -0.15) is 4.99 Å². The summed E-state index contributed by atoms with van der Waals surface area (Å²) in [5.74, 6) is 0.349. The van der Waals surface area contributed by atoms with Crippen LogP contribution in [0.1, 0.15) is 20.8 Å². The van der Waals surface area contributed by atoms with Crippen molar-refractivity contribution >= 4 is 22.9 Å². The zero-order valence-corrected chi connectivity index (χ0v) is 10.5. The molecule has 0 aromatic rings. The van der Waals surface area contributed by atoms with Crippen LogP contribution < -0.4 is 11.1 Å². The van der Waals surface area contributed by atoms with Gasteiger partial charge in [-0.15, -0.1) is 0 Å². The zero-order valence-electron chi connectivity index (χ0n) is 9.69. The van der Waals surface area contributed by atoms with E-state index in [1.54, 1.807) is 11.8 Å². The number of aliphatic imine (C=N–C) groups is 2. The van der Waals surface area contributed by atoms with Crippen LogP contribution in [-0.2, 0) is 0 Å². The maximum absolute atomic E-state index is 5.67. The lowest BCUT2D eigenvalue weighted by atomic mass is 10.3. The van der Waals surface area contributed by atoms with Crippen LogP contribution in [0.4, 0.5) is 0 Å². The van der Waals surface area contributed by atoms with Crippen molar-refractivity contribution in [3.63, 3.8) is 0 Å². The average molecular weight is 229 g/mol. The van der Waals surface area contributed by atoms with E-state index >= 15 is 0 Å². The maximum Gasteiger partial charge on any atom is 0.221 e. The molecule has 1 heterocycles. The lowest BCUT2D eigenvalue weighted by Gasteiger charge is -2.36. The number of nitrogens with two attached hydrogens (primary N) is 1. The van der Waals surface area contributed by atoms with E-state index < -0.39 is 0 Å². The number of nitrogens with zero attached hydrogens (tertiary/aromatic N) is 3. The van der Waals surface area contributed by atoms with Gasteiger partial charge in [0.1, 0.15) is 0 Å². The Morgan fingerprint density at radius 2 is 2.27 bits per heavy atom. The second-order valence-electron chi connectivity index (χ2n) is 3.52. The van der Waals surface area contributed by atoms with Crippen LogP contribution in [0.25, 0.3) is 0 Å². The summed E-state index contributed by atoms with van der Waals surface area (Å²) in [5, 5.41) is 4.19. The van der Waals surface area contributed by atoms with Crippen molar-refractivity contribution < 1.29 is 0 Å². The third kappa shape index (κ3) is 2.85. The van der Waals surface area contributed by atoms with E-state index in [0.717, 1.165) is 11.7 Å². The highest BCUT2D eigenvalue weighted by Gasteiger charge is 2.26. The van der Waals surface area contributed by atoms with Crippen LogP contribution in [-0.4, -0.2) is 41.2 Å². The first-order valence-electron chi connectivity index (χ1n) is 5.07. The fourth-order valence-corrected chi connectivity index (χ4v) is 2.16. The molecular formula is C9H19N5S. The number of amidine groups is 1. The molecule has 0 spiro atoms. The molecule has 0 saturated carbocycles. The van der Waals surface area contributed by atoms with E-state index in [4.69, 9.17) is 5.73 Å². The Kier molecular flexibility index (Phi) is 4.41. The van der Waals surface area contributed by atoms with E-state index in [1.165, 1.54) is 0 Å². The largest absolute Gasteiger partial charge is 0.368 e. The molecule has 0 aromatic heterocycles. The molecule has 0 fully saturated rings. The van der Waals surface area contributed by atoms with Crippen molar-refractivity contribution in [1.82, 2.24) is 10.2 Å². The van der Waals surface area contributed by atoms with Crippen LogP contribution in [0.5, 0.6) is 0 Å². The standard InChI is InChI=1S/C9H19N5S/c1-5-11-8-12-7(10)13-9(15-4)14(8)6(2)3/h6,8,11H,5H2,1-4H3,(H2,10,12). The summed E-state index contributed by atoms with van der Waals surface area (Å²) in [4.78, 5) is 10.6. The highest BCUT2D eigenvalue weighted by Crippen LogP contribution is 2.16. The first-order valence-corrected chi connectivity index (χ1v) is 6.30. The number of rotatable bonds is 3. The Morgan fingerprint density at radius 3 is 2.73 bits per heavy atom. The third-order valence-electron chi connectivity index (χ3n) is 2.07. The summed E-state index contributed by atoms with van der Waals surface area (Å²) in [6, 6.07) is 0.345. The van der Waals surface area contributed by atoms with Gasteiger partial charge in [-0.3, -0.25) is 5.32 Å². The van der Waals surface area contributed by atoms with Crippen LogP contribution in [0.15, 0.2) is 9.98 Å². The molecule has 5 nitrogen and oxygen atoms in total. The molecule has 0 radical (unpaired) electrons. The van der Waals surface area contributed by atoms with E-state index in [-0.39, 0.29) is 6.29 Å². The van der Waals surface area contributed by atoms with Gasteiger partial charge < -0.3 is 10.6 Å². The minimum Gasteiger partial charge on any atom is -0.368 e. The molecule has 1 atom stereocenters. The number of nitrogens with one attached hydrogen (secondary N) is 1. The van der Waals surface area contributed by atoms with Gasteiger partial charge in [-0.05, 0) is 26.6 Å². The van der Waals surface area contributed by atoms with E-state index in [9.17, 15) is 0 Å². The van der Waals surface area contributed by atoms with E-state index in [2.05, 4.69) is 41.0 Å². The van der Waals surface area contributed by atoms with Crippen molar-refractivity contribution in [3.05, 3.63) is 0 Å². The number of thioether (sulfide) groups is 1. The predicted molar refractivity (Wildman–Crippen MR) is 67.0 cm³/mol. The van der Waals surface area contributed by atoms with Gasteiger partial charge in [0.15, 0.2) is 11.5 Å². The molecule has 1 unspecified atom stereocenters. The Bertz CT molecular complexity index is 274. The summed E-state index contributed by atoms with van der Waals surface area (Å²) < 4.78 is 0. The summed E-state index contributed by atoms with van der Waals surface area (Å²) in [5.41, 5.74) is 5.67. The summed E-state index contributed by atoms with van der Waals surface area (Å²) in [6.45, 7) is 7.14. The molecule has 15 heavy (non-hydrogen) atoms. The van der Waals surface area contributed by atoms with Gasteiger partial charge in [0.25, 0.3) is 0 Å². The number of guanidine groups is 1. The molecule has 86 valence electrons. The van der Waals surface area contributed by atoms with E-state index in [0.29, 0.717) is 12.0 Å². The number of hydrogen-bond donors (Lipinski definition) is 2. The van der Waals surface area contributed by atoms with Gasteiger partial charge in [0.05, 0.1) is 0 Å². The Labute approximate surface area is 95.2 Å². The second-order valence-corrected chi connectivity index (χ2v) is 4.29. The van der Waals surface area contributed by atoms with Crippen LogP contribution in [0.3, 0.4) is 0 Å². The first-order chi connectivity index (χ1) is 7.10. The van der Waals surface area contributed by atoms with Crippen molar-refractivity contribution in [2.24, 2.45) is 15.7 Å². The molecule has 1 rings (SSSR count). The molecule has 1 aliphatic rings. The first kappa shape index (κ1) is 12.3. The van der Waals surface area contributed by atoms with Gasteiger partial charge >= 0.3 is 0 Å². The monoisotopic (exact) mass is 229 g/mol. The van der Waals surface area contributed by atoms with Crippen molar-refractivity contribution in [2.75, 3.05) is 12.8 Å². The molecular weight excluding hydrogens is 210 g/mol. The second kappa shape index (κ2) is 5.37. The molecule has 0 aromatic carbocycles. The van der Waals surface area contributed by atoms with Crippen molar-refractivity contribution in [2.45, 2.75) is 33.1 Å². The van der Waals surface area contributed by atoms with Gasteiger partial charge in [-0.25, -0.2) is 4.99 Å². The fourth-order valence-electron chi connectivity index (χ4n) is 1.46. The lowest BCUT2D eigenvalue weighted by Crippen LogP contribution is -2.53. The summed E-state index contributed by atoms with van der Waals surface area (Å²) in [7, 11) is 0. The normalized spacial score (nSPS) is 21.7. The molecule has 0 amide bonds. The minimum atomic E-state index is -0.0880. The summed E-state index contributed by atoms with van der Waals surface area (Å²) in [6.07, 6.45) is 1.91. The Balaban J connectivity index is 2.91. The molecule has 0 saturated heterocycles. The van der Waals surface area contributed by atoms with Crippen LogP contribution in [0.2, 0.25) is 0 Å². The molecule has 0 bridgehead atoms. The van der Waals surface area contributed by atoms with Crippen LogP contribution in [0, 0.1) is 0 Å². The highest BCUT2D eigenvalue weighted by atomic mass is 32.2. The Morgan fingerprint density at radius 1 is 1.60 bits per heavy atom. The molecule has 3 N–H and O–H groups in total. The maximum atomic E-state index is 5.67. The predicted octanol–water partition coefficient (Wildman–Crippen LogP) is 0.637. The topological polar surface area (TPSA) is 66.0 Å². The fraction of sp³-hybridized carbons (Fsp3) is 0.778.